The maximum absolute atomic E-state index is 13.4. The molecule has 1 aromatic rings. The molecule has 0 aromatic heterocycles. The van der Waals surface area contributed by atoms with Crippen molar-refractivity contribution in [3.8, 4) is 5.75 Å². The third-order valence-corrected chi connectivity index (χ3v) is 3.02. The molecule has 0 atom stereocenters. The molecule has 0 amide bonds. The number of benzene rings is 1. The van der Waals surface area contributed by atoms with Crippen molar-refractivity contribution < 1.29 is 13.9 Å². The van der Waals surface area contributed by atoms with Gasteiger partial charge in [-0.3, -0.25) is 0 Å². The predicted molar refractivity (Wildman–Crippen MR) is 78.2 cm³/mol. The van der Waals surface area contributed by atoms with Gasteiger partial charge in [0.2, 0.25) is 0 Å². The molecule has 0 unspecified atom stereocenters. The first kappa shape index (κ1) is 16.4. The average molecular weight is 334 g/mol. The van der Waals surface area contributed by atoms with Gasteiger partial charge < -0.3 is 14.8 Å². The fourth-order valence-electron chi connectivity index (χ4n) is 1.55. The summed E-state index contributed by atoms with van der Waals surface area (Å²) in [5.74, 6) is -0.0487. The monoisotopic (exact) mass is 333 g/mol. The van der Waals surface area contributed by atoms with Crippen LogP contribution in [-0.2, 0) is 4.74 Å². The van der Waals surface area contributed by atoms with E-state index in [1.54, 1.807) is 12.1 Å². The standard InChI is InChI=1S/C14H21BrFNO2/c1-2-18-9-4-3-7-17-8-10-19-14-6-5-12(15)11-13(14)16/h5-6,11,17H,2-4,7-10H2,1H3. The first-order valence-electron chi connectivity index (χ1n) is 6.60. The van der Waals surface area contributed by atoms with E-state index in [9.17, 15) is 4.39 Å². The van der Waals surface area contributed by atoms with Gasteiger partial charge in [-0.2, -0.15) is 0 Å². The Morgan fingerprint density at radius 1 is 1.21 bits per heavy atom. The van der Waals surface area contributed by atoms with Gasteiger partial charge in [-0.25, -0.2) is 4.39 Å². The lowest BCUT2D eigenvalue weighted by Crippen LogP contribution is -2.22. The largest absolute Gasteiger partial charge is 0.489 e. The molecule has 0 aliphatic rings. The number of hydrogen-bond donors (Lipinski definition) is 1. The van der Waals surface area contributed by atoms with Gasteiger partial charge in [0.1, 0.15) is 6.61 Å². The molecule has 0 saturated heterocycles. The second-order valence-electron chi connectivity index (χ2n) is 4.08. The van der Waals surface area contributed by atoms with Gasteiger partial charge in [0, 0.05) is 24.2 Å². The van der Waals surface area contributed by atoms with Gasteiger partial charge in [0.25, 0.3) is 0 Å². The smallest absolute Gasteiger partial charge is 0.166 e. The van der Waals surface area contributed by atoms with E-state index in [4.69, 9.17) is 9.47 Å². The van der Waals surface area contributed by atoms with Crippen molar-refractivity contribution in [3.63, 3.8) is 0 Å². The van der Waals surface area contributed by atoms with Crippen LogP contribution < -0.4 is 10.1 Å². The number of hydrogen-bond acceptors (Lipinski definition) is 3. The fraction of sp³-hybridized carbons (Fsp3) is 0.571. The Morgan fingerprint density at radius 3 is 2.79 bits per heavy atom. The molecule has 0 heterocycles. The third-order valence-electron chi connectivity index (χ3n) is 2.53. The number of halogens is 2. The molecule has 0 aliphatic carbocycles. The summed E-state index contributed by atoms with van der Waals surface area (Å²) >= 11 is 3.21. The lowest BCUT2D eigenvalue weighted by molar-refractivity contribution is 0.143. The third kappa shape index (κ3) is 7.50. The van der Waals surface area contributed by atoms with Gasteiger partial charge >= 0.3 is 0 Å². The number of rotatable bonds is 10. The van der Waals surface area contributed by atoms with Crippen molar-refractivity contribution in [2.24, 2.45) is 0 Å². The molecular formula is C14H21BrFNO2. The molecule has 19 heavy (non-hydrogen) atoms. The summed E-state index contributed by atoms with van der Waals surface area (Å²) in [6.45, 7) is 5.70. The van der Waals surface area contributed by atoms with E-state index in [1.807, 2.05) is 6.92 Å². The minimum Gasteiger partial charge on any atom is -0.489 e. The predicted octanol–water partition coefficient (Wildman–Crippen LogP) is 3.37. The molecule has 0 spiro atoms. The quantitative estimate of drug-likeness (QED) is 0.666. The molecule has 3 nitrogen and oxygen atoms in total. The van der Waals surface area contributed by atoms with E-state index < -0.39 is 0 Å². The highest BCUT2D eigenvalue weighted by atomic mass is 79.9. The Morgan fingerprint density at radius 2 is 2.05 bits per heavy atom. The van der Waals surface area contributed by atoms with Crippen LogP contribution in [-0.4, -0.2) is 32.9 Å². The van der Waals surface area contributed by atoms with E-state index in [2.05, 4.69) is 21.2 Å². The molecule has 1 rings (SSSR count). The summed E-state index contributed by atoms with van der Waals surface area (Å²) < 4.78 is 24.7. The van der Waals surface area contributed by atoms with E-state index in [0.29, 0.717) is 23.4 Å². The Labute approximate surface area is 122 Å². The van der Waals surface area contributed by atoms with Crippen molar-refractivity contribution in [1.82, 2.24) is 5.32 Å². The highest BCUT2D eigenvalue weighted by Crippen LogP contribution is 2.21. The maximum Gasteiger partial charge on any atom is 0.166 e. The van der Waals surface area contributed by atoms with Crippen LogP contribution in [0.4, 0.5) is 4.39 Å². The summed E-state index contributed by atoms with van der Waals surface area (Å²) in [5.41, 5.74) is 0. The maximum atomic E-state index is 13.4. The van der Waals surface area contributed by atoms with Gasteiger partial charge in [-0.1, -0.05) is 15.9 Å². The zero-order valence-electron chi connectivity index (χ0n) is 11.3. The van der Waals surface area contributed by atoms with Crippen LogP contribution in [0.5, 0.6) is 5.75 Å². The SMILES string of the molecule is CCOCCCCNCCOc1ccc(Br)cc1F. The topological polar surface area (TPSA) is 30.5 Å². The second-order valence-corrected chi connectivity index (χ2v) is 4.99. The van der Waals surface area contributed by atoms with E-state index in [0.717, 1.165) is 32.6 Å². The van der Waals surface area contributed by atoms with Crippen LogP contribution in [0, 0.1) is 5.82 Å². The van der Waals surface area contributed by atoms with Crippen LogP contribution in [0.1, 0.15) is 19.8 Å². The van der Waals surface area contributed by atoms with Crippen LogP contribution >= 0.6 is 15.9 Å². The average Bonchev–Trinajstić information content (AvgIpc) is 2.39. The lowest BCUT2D eigenvalue weighted by atomic mass is 10.3. The van der Waals surface area contributed by atoms with Crippen molar-refractivity contribution >= 4 is 15.9 Å². The lowest BCUT2D eigenvalue weighted by Gasteiger charge is -2.08. The zero-order valence-corrected chi connectivity index (χ0v) is 12.8. The Kier molecular flexibility index (Phi) is 8.79. The van der Waals surface area contributed by atoms with Crippen molar-refractivity contribution in [2.75, 3.05) is 32.9 Å². The number of ether oxygens (including phenoxy) is 2. The van der Waals surface area contributed by atoms with Gasteiger partial charge in [-0.15, -0.1) is 0 Å². The first-order valence-corrected chi connectivity index (χ1v) is 7.39. The summed E-state index contributed by atoms with van der Waals surface area (Å²) in [5, 5.41) is 3.25. The van der Waals surface area contributed by atoms with E-state index in [-0.39, 0.29) is 5.82 Å². The van der Waals surface area contributed by atoms with E-state index >= 15 is 0 Å². The minimum atomic E-state index is -0.342. The molecule has 108 valence electrons. The summed E-state index contributed by atoms with van der Waals surface area (Å²) in [6.07, 6.45) is 2.13. The van der Waals surface area contributed by atoms with Gasteiger partial charge in [-0.05, 0) is 44.5 Å². The van der Waals surface area contributed by atoms with E-state index in [1.165, 1.54) is 6.07 Å². The Balaban J connectivity index is 2.01. The van der Waals surface area contributed by atoms with Crippen LogP contribution in [0.25, 0.3) is 0 Å². The van der Waals surface area contributed by atoms with Crippen molar-refractivity contribution in [1.29, 1.82) is 0 Å². The van der Waals surface area contributed by atoms with Crippen molar-refractivity contribution in [2.45, 2.75) is 19.8 Å². The molecule has 0 radical (unpaired) electrons. The minimum absolute atomic E-state index is 0.293. The molecule has 0 aliphatic heterocycles. The Hall–Kier alpha value is -0.650. The van der Waals surface area contributed by atoms with Crippen LogP contribution in [0.2, 0.25) is 0 Å². The highest BCUT2D eigenvalue weighted by Gasteiger charge is 2.02. The normalized spacial score (nSPS) is 10.7. The summed E-state index contributed by atoms with van der Waals surface area (Å²) in [4.78, 5) is 0. The fourth-order valence-corrected chi connectivity index (χ4v) is 1.88. The van der Waals surface area contributed by atoms with Crippen molar-refractivity contribution in [3.05, 3.63) is 28.5 Å². The van der Waals surface area contributed by atoms with Crippen LogP contribution in [0.15, 0.2) is 22.7 Å². The number of unbranched alkanes of at least 4 members (excludes halogenated alkanes) is 1. The molecule has 0 saturated carbocycles. The number of nitrogens with one attached hydrogen (secondary N) is 1. The molecule has 1 N–H and O–H groups in total. The van der Waals surface area contributed by atoms with Gasteiger partial charge in [0.05, 0.1) is 0 Å². The van der Waals surface area contributed by atoms with Crippen LogP contribution in [0.3, 0.4) is 0 Å². The summed E-state index contributed by atoms with van der Waals surface area (Å²) in [7, 11) is 0. The first-order chi connectivity index (χ1) is 9.24. The molecular weight excluding hydrogens is 313 g/mol. The zero-order chi connectivity index (χ0) is 13.9. The molecule has 5 heteroatoms. The Bertz CT molecular complexity index is 363. The summed E-state index contributed by atoms with van der Waals surface area (Å²) in [6, 6.07) is 4.79. The molecule has 0 bridgehead atoms. The molecule has 0 fully saturated rings. The molecule has 1 aromatic carbocycles. The second kappa shape index (κ2) is 10.2. The highest BCUT2D eigenvalue weighted by molar-refractivity contribution is 9.10. The van der Waals surface area contributed by atoms with Gasteiger partial charge in [0.15, 0.2) is 11.6 Å².